The number of carbonyl (C=O) groups is 2. The minimum absolute atomic E-state index is 0.00464. The number of ether oxygens (including phenoxy) is 2. The molecule has 9 heteroatoms. The lowest BCUT2D eigenvalue weighted by Gasteiger charge is -2.29. The third kappa shape index (κ3) is 8.79. The van der Waals surface area contributed by atoms with E-state index in [0.717, 1.165) is 14.9 Å². The highest BCUT2D eigenvalue weighted by molar-refractivity contribution is 9.10. The maximum absolute atomic E-state index is 13.6. The van der Waals surface area contributed by atoms with Crippen LogP contribution in [0, 0.1) is 5.92 Å². The van der Waals surface area contributed by atoms with Crippen LogP contribution in [0.15, 0.2) is 64.5 Å². The van der Waals surface area contributed by atoms with E-state index in [4.69, 9.17) is 9.47 Å². The Kier molecular flexibility index (Phi) is 10.8. The Hall–Kier alpha value is -3.04. The maximum Gasteiger partial charge on any atom is 0.322 e. The standard InChI is InChI=1S/C28H34BrN3O4S/c1-20(2)17-32(28(34)30-23-8-5-7-22(29)16-23)19-27(33)31(18-24-9-6-14-37-24)13-12-21-10-11-25(35-3)26(15-21)36-4/h5-11,14-16,20H,12-13,17-19H2,1-4H3,(H,30,34). The lowest BCUT2D eigenvalue weighted by Crippen LogP contribution is -2.46. The molecule has 0 saturated heterocycles. The summed E-state index contributed by atoms with van der Waals surface area (Å²) in [4.78, 5) is 31.2. The molecule has 0 bridgehead atoms. The van der Waals surface area contributed by atoms with Crippen LogP contribution in [0.25, 0.3) is 0 Å². The smallest absolute Gasteiger partial charge is 0.322 e. The fourth-order valence-electron chi connectivity index (χ4n) is 3.87. The molecule has 3 amide bonds. The zero-order valence-electron chi connectivity index (χ0n) is 21.7. The Balaban J connectivity index is 1.74. The zero-order chi connectivity index (χ0) is 26.8. The number of halogens is 1. The summed E-state index contributed by atoms with van der Waals surface area (Å²) in [5.74, 6) is 1.43. The molecule has 0 aliphatic carbocycles. The molecular formula is C28H34BrN3O4S. The summed E-state index contributed by atoms with van der Waals surface area (Å²) >= 11 is 5.04. The van der Waals surface area contributed by atoms with Crippen LogP contribution < -0.4 is 14.8 Å². The van der Waals surface area contributed by atoms with Crippen LogP contribution in [0.1, 0.15) is 24.3 Å². The molecule has 0 aliphatic rings. The number of nitrogens with one attached hydrogen (secondary N) is 1. The number of urea groups is 1. The second kappa shape index (κ2) is 14.0. The predicted octanol–water partition coefficient (Wildman–Crippen LogP) is 6.29. The normalized spacial score (nSPS) is 10.8. The number of hydrogen-bond donors (Lipinski definition) is 1. The van der Waals surface area contributed by atoms with Crippen molar-refractivity contribution >= 4 is 44.9 Å². The zero-order valence-corrected chi connectivity index (χ0v) is 24.1. The molecule has 3 rings (SSSR count). The molecule has 3 aromatic rings. The van der Waals surface area contributed by atoms with Crippen LogP contribution in [-0.2, 0) is 17.8 Å². The molecule has 2 aromatic carbocycles. The number of methoxy groups -OCH3 is 2. The Morgan fingerprint density at radius 2 is 1.78 bits per heavy atom. The largest absolute Gasteiger partial charge is 0.493 e. The molecule has 1 aromatic heterocycles. The van der Waals surface area contributed by atoms with E-state index in [2.05, 4.69) is 21.2 Å². The van der Waals surface area contributed by atoms with Gasteiger partial charge in [0.15, 0.2) is 11.5 Å². The third-order valence-corrected chi connectivity index (χ3v) is 7.03. The van der Waals surface area contributed by atoms with Crippen LogP contribution in [0.4, 0.5) is 10.5 Å². The fraction of sp³-hybridized carbons (Fsp3) is 0.357. The number of thiophene rings is 1. The minimum atomic E-state index is -0.295. The predicted molar refractivity (Wildman–Crippen MR) is 153 cm³/mol. The van der Waals surface area contributed by atoms with Gasteiger partial charge in [0.05, 0.1) is 20.8 Å². The van der Waals surface area contributed by atoms with Gasteiger partial charge in [-0.25, -0.2) is 4.79 Å². The highest BCUT2D eigenvalue weighted by atomic mass is 79.9. The molecule has 0 fully saturated rings. The van der Waals surface area contributed by atoms with Gasteiger partial charge in [-0.1, -0.05) is 48.0 Å². The Labute approximate surface area is 231 Å². The van der Waals surface area contributed by atoms with Crippen molar-refractivity contribution in [1.82, 2.24) is 9.80 Å². The van der Waals surface area contributed by atoms with Crippen molar-refractivity contribution in [2.75, 3.05) is 39.2 Å². The van der Waals surface area contributed by atoms with Gasteiger partial charge in [-0.05, 0) is 59.7 Å². The van der Waals surface area contributed by atoms with E-state index in [-0.39, 0.29) is 24.4 Å². The number of rotatable bonds is 12. The molecule has 0 spiro atoms. The van der Waals surface area contributed by atoms with E-state index >= 15 is 0 Å². The van der Waals surface area contributed by atoms with Crippen molar-refractivity contribution in [3.63, 3.8) is 0 Å². The van der Waals surface area contributed by atoms with Crippen LogP contribution in [0.2, 0.25) is 0 Å². The van der Waals surface area contributed by atoms with E-state index in [1.165, 1.54) is 0 Å². The summed E-state index contributed by atoms with van der Waals surface area (Å²) < 4.78 is 11.6. The lowest BCUT2D eigenvalue weighted by molar-refractivity contribution is -0.132. The van der Waals surface area contributed by atoms with Crippen molar-refractivity contribution in [3.8, 4) is 11.5 Å². The molecule has 37 heavy (non-hydrogen) atoms. The number of amides is 3. The average Bonchev–Trinajstić information content (AvgIpc) is 3.38. The fourth-order valence-corrected chi connectivity index (χ4v) is 4.99. The van der Waals surface area contributed by atoms with E-state index in [1.807, 2.05) is 78.7 Å². The van der Waals surface area contributed by atoms with Crippen molar-refractivity contribution in [2.45, 2.75) is 26.8 Å². The van der Waals surface area contributed by atoms with Gasteiger partial charge in [0.25, 0.3) is 0 Å². The van der Waals surface area contributed by atoms with Crippen LogP contribution in [0.5, 0.6) is 11.5 Å². The van der Waals surface area contributed by atoms with Gasteiger partial charge in [-0.15, -0.1) is 11.3 Å². The van der Waals surface area contributed by atoms with Crippen molar-refractivity contribution < 1.29 is 19.1 Å². The molecule has 1 heterocycles. The van der Waals surface area contributed by atoms with Crippen molar-refractivity contribution in [1.29, 1.82) is 0 Å². The molecular weight excluding hydrogens is 554 g/mol. The van der Waals surface area contributed by atoms with E-state index in [1.54, 1.807) is 30.5 Å². The molecule has 0 radical (unpaired) electrons. The molecule has 0 unspecified atom stereocenters. The van der Waals surface area contributed by atoms with Gasteiger partial charge >= 0.3 is 6.03 Å². The van der Waals surface area contributed by atoms with Gasteiger partial charge in [-0.3, -0.25) is 4.79 Å². The Morgan fingerprint density at radius 1 is 1.00 bits per heavy atom. The minimum Gasteiger partial charge on any atom is -0.493 e. The molecule has 1 N–H and O–H groups in total. The monoisotopic (exact) mass is 587 g/mol. The summed E-state index contributed by atoms with van der Waals surface area (Å²) in [6, 6.07) is 16.9. The van der Waals surface area contributed by atoms with Crippen LogP contribution in [-0.4, -0.2) is 55.6 Å². The number of carbonyl (C=O) groups excluding carboxylic acids is 2. The topological polar surface area (TPSA) is 71.1 Å². The quantitative estimate of drug-likeness (QED) is 0.270. The van der Waals surface area contributed by atoms with Crippen molar-refractivity contribution in [3.05, 3.63) is 74.9 Å². The summed E-state index contributed by atoms with van der Waals surface area (Å²) in [5, 5.41) is 4.92. The molecule has 0 saturated carbocycles. The third-order valence-electron chi connectivity index (χ3n) is 5.67. The molecule has 198 valence electrons. The number of nitrogens with zero attached hydrogens (tertiary/aromatic N) is 2. The summed E-state index contributed by atoms with van der Waals surface area (Å²) in [5.41, 5.74) is 1.71. The van der Waals surface area contributed by atoms with Crippen LogP contribution in [0.3, 0.4) is 0 Å². The first-order valence-electron chi connectivity index (χ1n) is 12.1. The first kappa shape index (κ1) is 28.5. The van der Waals surface area contributed by atoms with E-state index in [0.29, 0.717) is 43.2 Å². The second-order valence-corrected chi connectivity index (χ2v) is 11.0. The summed E-state index contributed by atoms with van der Waals surface area (Å²) in [6.45, 7) is 5.53. The van der Waals surface area contributed by atoms with Gasteiger partial charge in [0, 0.05) is 28.1 Å². The number of hydrogen-bond acceptors (Lipinski definition) is 5. The highest BCUT2D eigenvalue weighted by Gasteiger charge is 2.23. The highest BCUT2D eigenvalue weighted by Crippen LogP contribution is 2.28. The van der Waals surface area contributed by atoms with Crippen molar-refractivity contribution in [2.24, 2.45) is 5.92 Å². The maximum atomic E-state index is 13.6. The van der Waals surface area contributed by atoms with Gasteiger partial charge in [-0.2, -0.15) is 0 Å². The second-order valence-electron chi connectivity index (χ2n) is 9.05. The summed E-state index contributed by atoms with van der Waals surface area (Å²) in [6.07, 6.45) is 0.645. The molecule has 0 atom stereocenters. The Bertz CT molecular complexity index is 1170. The number of benzene rings is 2. The van der Waals surface area contributed by atoms with Crippen LogP contribution >= 0.6 is 27.3 Å². The van der Waals surface area contributed by atoms with E-state index in [9.17, 15) is 9.59 Å². The van der Waals surface area contributed by atoms with Gasteiger partial charge < -0.3 is 24.6 Å². The average molecular weight is 589 g/mol. The molecule has 0 aliphatic heterocycles. The SMILES string of the molecule is COc1ccc(CCN(Cc2cccs2)C(=O)CN(CC(C)C)C(=O)Nc2cccc(Br)c2)cc1OC. The van der Waals surface area contributed by atoms with Gasteiger partial charge in [0.2, 0.25) is 5.91 Å². The summed E-state index contributed by atoms with van der Waals surface area (Å²) in [7, 11) is 3.21. The first-order valence-corrected chi connectivity index (χ1v) is 13.8. The number of anilines is 1. The van der Waals surface area contributed by atoms with E-state index < -0.39 is 0 Å². The first-order chi connectivity index (χ1) is 17.8. The lowest BCUT2D eigenvalue weighted by atomic mass is 10.1. The molecule has 7 nitrogen and oxygen atoms in total. The van der Waals surface area contributed by atoms with Gasteiger partial charge in [0.1, 0.15) is 6.54 Å². The Morgan fingerprint density at radius 3 is 2.43 bits per heavy atom.